The summed E-state index contributed by atoms with van der Waals surface area (Å²) in [6.45, 7) is 9.21. The molecule has 1 aromatic carbocycles. The lowest BCUT2D eigenvalue weighted by Crippen LogP contribution is -2.21. The number of phenols is 1. The SMILES string of the molecule is COc1ccc(O)c([C@@H](C)NCc2cn(C)nc2C(C)(C)C)c1. The van der Waals surface area contributed by atoms with Crippen LogP contribution in [0.15, 0.2) is 24.4 Å². The molecule has 0 fully saturated rings. The van der Waals surface area contributed by atoms with Crippen molar-refractivity contribution in [3.63, 3.8) is 0 Å². The average molecular weight is 317 g/mol. The maximum Gasteiger partial charge on any atom is 0.120 e. The van der Waals surface area contributed by atoms with Gasteiger partial charge >= 0.3 is 0 Å². The smallest absolute Gasteiger partial charge is 0.120 e. The number of nitrogens with one attached hydrogen (secondary N) is 1. The Bertz CT molecular complexity index is 671. The summed E-state index contributed by atoms with van der Waals surface area (Å²) >= 11 is 0. The van der Waals surface area contributed by atoms with Crippen LogP contribution in [-0.2, 0) is 19.0 Å². The molecule has 5 heteroatoms. The number of aromatic nitrogens is 2. The maximum atomic E-state index is 10.1. The van der Waals surface area contributed by atoms with Crippen LogP contribution in [0.5, 0.6) is 11.5 Å². The van der Waals surface area contributed by atoms with Gasteiger partial charge in [0.1, 0.15) is 11.5 Å². The van der Waals surface area contributed by atoms with Gasteiger partial charge in [-0.1, -0.05) is 20.8 Å². The van der Waals surface area contributed by atoms with Crippen molar-refractivity contribution in [3.8, 4) is 11.5 Å². The predicted molar refractivity (Wildman–Crippen MR) is 91.8 cm³/mol. The molecule has 5 nitrogen and oxygen atoms in total. The van der Waals surface area contributed by atoms with Gasteiger partial charge in [0.05, 0.1) is 12.8 Å². The van der Waals surface area contributed by atoms with Gasteiger partial charge < -0.3 is 15.2 Å². The molecule has 0 saturated heterocycles. The number of hydrogen-bond donors (Lipinski definition) is 2. The largest absolute Gasteiger partial charge is 0.508 e. The van der Waals surface area contributed by atoms with E-state index in [1.165, 1.54) is 5.56 Å². The number of benzene rings is 1. The summed E-state index contributed by atoms with van der Waals surface area (Å²) in [5, 5.41) is 18.1. The van der Waals surface area contributed by atoms with E-state index >= 15 is 0 Å². The Morgan fingerprint density at radius 1 is 1.35 bits per heavy atom. The molecule has 23 heavy (non-hydrogen) atoms. The highest BCUT2D eigenvalue weighted by atomic mass is 16.5. The fraction of sp³-hybridized carbons (Fsp3) is 0.500. The summed E-state index contributed by atoms with van der Waals surface area (Å²) in [4.78, 5) is 0. The lowest BCUT2D eigenvalue weighted by Gasteiger charge is -2.20. The number of phenolic OH excluding ortho intramolecular Hbond substituents is 1. The summed E-state index contributed by atoms with van der Waals surface area (Å²) in [6.07, 6.45) is 2.05. The first-order valence-corrected chi connectivity index (χ1v) is 7.85. The van der Waals surface area contributed by atoms with E-state index in [-0.39, 0.29) is 17.2 Å². The molecule has 0 spiro atoms. The van der Waals surface area contributed by atoms with Crippen molar-refractivity contribution in [2.45, 2.75) is 45.7 Å². The Balaban J connectivity index is 2.15. The van der Waals surface area contributed by atoms with Gasteiger partial charge in [0.2, 0.25) is 0 Å². The Labute approximate surface area is 138 Å². The molecule has 2 aromatic rings. The lowest BCUT2D eigenvalue weighted by molar-refractivity contribution is 0.407. The normalized spacial score (nSPS) is 13.1. The van der Waals surface area contributed by atoms with Crippen molar-refractivity contribution in [2.24, 2.45) is 7.05 Å². The number of ether oxygens (including phenoxy) is 1. The van der Waals surface area contributed by atoms with Crippen molar-refractivity contribution < 1.29 is 9.84 Å². The van der Waals surface area contributed by atoms with E-state index < -0.39 is 0 Å². The Hall–Kier alpha value is -2.01. The molecule has 2 N–H and O–H groups in total. The van der Waals surface area contributed by atoms with Gasteiger partial charge in [-0.25, -0.2) is 0 Å². The van der Waals surface area contributed by atoms with Crippen LogP contribution >= 0.6 is 0 Å². The Morgan fingerprint density at radius 2 is 2.04 bits per heavy atom. The van der Waals surface area contributed by atoms with Crippen molar-refractivity contribution in [1.29, 1.82) is 0 Å². The minimum Gasteiger partial charge on any atom is -0.508 e. The molecule has 0 bridgehead atoms. The highest BCUT2D eigenvalue weighted by Gasteiger charge is 2.22. The van der Waals surface area contributed by atoms with Crippen LogP contribution in [0.3, 0.4) is 0 Å². The summed E-state index contributed by atoms with van der Waals surface area (Å²) in [7, 11) is 3.57. The van der Waals surface area contributed by atoms with E-state index in [4.69, 9.17) is 4.74 Å². The van der Waals surface area contributed by atoms with Crippen LogP contribution in [0, 0.1) is 0 Å². The second kappa shape index (κ2) is 6.62. The maximum absolute atomic E-state index is 10.1. The van der Waals surface area contributed by atoms with Crippen LogP contribution in [-0.4, -0.2) is 22.0 Å². The molecule has 0 radical (unpaired) electrons. The topological polar surface area (TPSA) is 59.3 Å². The third kappa shape index (κ3) is 4.05. The van der Waals surface area contributed by atoms with E-state index in [9.17, 15) is 5.11 Å². The summed E-state index contributed by atoms with van der Waals surface area (Å²) in [5.41, 5.74) is 3.09. The highest BCUT2D eigenvalue weighted by molar-refractivity contribution is 5.41. The molecule has 126 valence electrons. The second-order valence-corrected chi connectivity index (χ2v) is 6.95. The standard InChI is InChI=1S/C18H27N3O2/c1-12(15-9-14(23-6)7-8-16(15)22)19-10-13-11-21(5)20-17(13)18(2,3)4/h7-9,11-12,19,22H,10H2,1-6H3/t12-/m1/s1. The number of aryl methyl sites for hydroxylation is 1. The molecule has 0 unspecified atom stereocenters. The quantitative estimate of drug-likeness (QED) is 0.888. The molecule has 0 saturated carbocycles. The van der Waals surface area contributed by atoms with Crippen molar-refractivity contribution in [1.82, 2.24) is 15.1 Å². The lowest BCUT2D eigenvalue weighted by atomic mass is 9.89. The molecular weight excluding hydrogens is 290 g/mol. The first-order valence-electron chi connectivity index (χ1n) is 7.85. The minimum absolute atomic E-state index is 0.000380. The zero-order valence-electron chi connectivity index (χ0n) is 14.8. The summed E-state index contributed by atoms with van der Waals surface area (Å²) in [5.74, 6) is 1.01. The molecule has 0 aliphatic heterocycles. The van der Waals surface area contributed by atoms with Gasteiger partial charge in [0, 0.05) is 42.4 Å². The molecule has 1 heterocycles. The number of aromatic hydroxyl groups is 1. The summed E-state index contributed by atoms with van der Waals surface area (Å²) < 4.78 is 7.09. The predicted octanol–water partition coefficient (Wildman–Crippen LogP) is 3.28. The Kier molecular flexibility index (Phi) is 5.00. The molecule has 0 aliphatic carbocycles. The van der Waals surface area contributed by atoms with Gasteiger partial charge in [-0.05, 0) is 25.1 Å². The zero-order valence-corrected chi connectivity index (χ0v) is 14.8. The van der Waals surface area contributed by atoms with Crippen LogP contribution in [0.25, 0.3) is 0 Å². The summed E-state index contributed by atoms with van der Waals surface area (Å²) in [6, 6.07) is 5.28. The van der Waals surface area contributed by atoms with Gasteiger partial charge in [0.15, 0.2) is 0 Å². The van der Waals surface area contributed by atoms with Crippen LogP contribution in [0.1, 0.15) is 50.6 Å². The molecule has 0 aliphatic rings. The second-order valence-electron chi connectivity index (χ2n) is 6.95. The van der Waals surface area contributed by atoms with E-state index in [2.05, 4.69) is 31.2 Å². The molecule has 2 rings (SSSR count). The molecular formula is C18H27N3O2. The average Bonchev–Trinajstić information content (AvgIpc) is 2.86. The van der Waals surface area contributed by atoms with Crippen LogP contribution < -0.4 is 10.1 Å². The number of rotatable bonds is 5. The first kappa shape index (κ1) is 17.3. The highest BCUT2D eigenvalue weighted by Crippen LogP contribution is 2.29. The number of nitrogens with zero attached hydrogens (tertiary/aromatic N) is 2. The molecule has 1 aromatic heterocycles. The fourth-order valence-corrected chi connectivity index (χ4v) is 2.68. The van der Waals surface area contributed by atoms with E-state index in [0.29, 0.717) is 6.54 Å². The van der Waals surface area contributed by atoms with Gasteiger partial charge in [-0.3, -0.25) is 4.68 Å². The van der Waals surface area contributed by atoms with Gasteiger partial charge in [-0.2, -0.15) is 5.10 Å². The third-order valence-corrected chi connectivity index (χ3v) is 3.91. The Morgan fingerprint density at radius 3 is 2.65 bits per heavy atom. The fourth-order valence-electron chi connectivity index (χ4n) is 2.68. The van der Waals surface area contributed by atoms with Crippen LogP contribution in [0.4, 0.5) is 0 Å². The molecule has 1 atom stereocenters. The van der Waals surface area contributed by atoms with Gasteiger partial charge in [0.25, 0.3) is 0 Å². The number of hydrogen-bond acceptors (Lipinski definition) is 4. The van der Waals surface area contributed by atoms with Crippen molar-refractivity contribution in [2.75, 3.05) is 7.11 Å². The van der Waals surface area contributed by atoms with E-state index in [1.54, 1.807) is 19.2 Å². The van der Waals surface area contributed by atoms with E-state index in [0.717, 1.165) is 17.0 Å². The van der Waals surface area contributed by atoms with Crippen molar-refractivity contribution in [3.05, 3.63) is 41.2 Å². The van der Waals surface area contributed by atoms with Gasteiger partial charge in [-0.15, -0.1) is 0 Å². The van der Waals surface area contributed by atoms with Crippen molar-refractivity contribution >= 4 is 0 Å². The first-order chi connectivity index (χ1) is 10.7. The van der Waals surface area contributed by atoms with E-state index in [1.807, 2.05) is 30.9 Å². The monoisotopic (exact) mass is 317 g/mol. The molecule has 0 amide bonds. The van der Waals surface area contributed by atoms with Crippen LogP contribution in [0.2, 0.25) is 0 Å². The minimum atomic E-state index is -0.00174. The number of methoxy groups -OCH3 is 1. The zero-order chi connectivity index (χ0) is 17.2. The third-order valence-electron chi connectivity index (χ3n) is 3.91.